The normalized spacial score (nSPS) is 53.8. The third kappa shape index (κ3) is 1.17. The molecule has 1 heterocycles. The van der Waals surface area contributed by atoms with Crippen LogP contribution in [0.2, 0.25) is 0 Å². The van der Waals surface area contributed by atoms with Crippen LogP contribution < -0.4 is 5.73 Å². The molecule has 2 nitrogen and oxygen atoms in total. The number of hydrogen-bond acceptors (Lipinski definition) is 2. The van der Waals surface area contributed by atoms with E-state index in [-0.39, 0.29) is 0 Å². The Kier molecular flexibility index (Phi) is 2.13. The highest BCUT2D eigenvalue weighted by molar-refractivity contribution is 4.94. The summed E-state index contributed by atoms with van der Waals surface area (Å²) in [7, 11) is 0. The molecule has 0 unspecified atom stereocenters. The van der Waals surface area contributed by atoms with Crippen molar-refractivity contribution in [3.63, 3.8) is 0 Å². The molecule has 1 saturated carbocycles. The Labute approximate surface area is 74.5 Å². The second-order valence-corrected chi connectivity index (χ2v) is 4.41. The summed E-state index contributed by atoms with van der Waals surface area (Å²) in [6.45, 7) is 4.45. The van der Waals surface area contributed by atoms with Gasteiger partial charge in [0.25, 0.3) is 0 Å². The molecule has 12 heavy (non-hydrogen) atoms. The predicted molar refractivity (Wildman–Crippen MR) is 48.8 cm³/mol. The van der Waals surface area contributed by atoms with Gasteiger partial charge >= 0.3 is 0 Å². The lowest BCUT2D eigenvalue weighted by Gasteiger charge is -2.31. The third-order valence-electron chi connectivity index (χ3n) is 3.69. The molecule has 1 aliphatic heterocycles. The van der Waals surface area contributed by atoms with Crippen molar-refractivity contribution in [2.24, 2.45) is 17.6 Å². The van der Waals surface area contributed by atoms with Crippen molar-refractivity contribution in [2.45, 2.75) is 51.4 Å². The van der Waals surface area contributed by atoms with E-state index < -0.39 is 0 Å². The van der Waals surface area contributed by atoms with Crippen molar-refractivity contribution in [1.82, 2.24) is 0 Å². The first-order valence-corrected chi connectivity index (χ1v) is 5.11. The summed E-state index contributed by atoms with van der Waals surface area (Å²) in [5.41, 5.74) is 6.09. The Hall–Kier alpha value is -0.0800. The summed E-state index contributed by atoms with van der Waals surface area (Å²) in [5, 5.41) is 0. The number of ether oxygens (including phenoxy) is 1. The molecular weight excluding hydrogens is 150 g/mol. The van der Waals surface area contributed by atoms with Crippen molar-refractivity contribution < 1.29 is 4.74 Å². The lowest BCUT2D eigenvalue weighted by atomic mass is 9.76. The van der Waals surface area contributed by atoms with Gasteiger partial charge in [-0.15, -0.1) is 0 Å². The van der Waals surface area contributed by atoms with E-state index in [1.54, 1.807) is 0 Å². The van der Waals surface area contributed by atoms with Crippen LogP contribution in [0.3, 0.4) is 0 Å². The molecule has 0 spiro atoms. The van der Waals surface area contributed by atoms with Crippen LogP contribution >= 0.6 is 0 Å². The van der Waals surface area contributed by atoms with Gasteiger partial charge in [0.2, 0.25) is 0 Å². The molecule has 2 N–H and O–H groups in total. The Balaban J connectivity index is 2.12. The summed E-state index contributed by atoms with van der Waals surface area (Å²) in [6, 6.07) is 0.392. The van der Waals surface area contributed by atoms with Crippen molar-refractivity contribution in [1.29, 1.82) is 0 Å². The SMILES string of the molecule is C[C@H]1[C@H]2[C@H](N)CCC[C@@H]2O[C@@H]1C. The molecule has 0 radical (unpaired) electrons. The summed E-state index contributed by atoms with van der Waals surface area (Å²) in [4.78, 5) is 0. The van der Waals surface area contributed by atoms with Crippen LogP contribution in [0.15, 0.2) is 0 Å². The van der Waals surface area contributed by atoms with Crippen LogP contribution in [0, 0.1) is 11.8 Å². The van der Waals surface area contributed by atoms with E-state index in [1.807, 2.05) is 0 Å². The van der Waals surface area contributed by atoms with E-state index in [1.165, 1.54) is 19.3 Å². The average molecular weight is 169 g/mol. The first-order chi connectivity index (χ1) is 5.70. The summed E-state index contributed by atoms with van der Waals surface area (Å²) in [6.07, 6.45) is 4.57. The number of fused-ring (bicyclic) bond motifs is 1. The smallest absolute Gasteiger partial charge is 0.0625 e. The van der Waals surface area contributed by atoms with E-state index in [2.05, 4.69) is 13.8 Å². The number of nitrogens with two attached hydrogens (primary N) is 1. The van der Waals surface area contributed by atoms with E-state index in [0.29, 0.717) is 30.1 Å². The largest absolute Gasteiger partial charge is 0.375 e. The molecule has 2 rings (SSSR count). The topological polar surface area (TPSA) is 35.2 Å². The maximum absolute atomic E-state index is 6.09. The standard InChI is InChI=1S/C10H19NO/c1-6-7(2)12-9-5-3-4-8(11)10(6)9/h6-10H,3-5,11H2,1-2H3/t6-,7-,8-,9+,10+/m1/s1. The summed E-state index contributed by atoms with van der Waals surface area (Å²) in [5.74, 6) is 1.29. The molecule has 1 aliphatic carbocycles. The van der Waals surface area contributed by atoms with Gasteiger partial charge in [-0.25, -0.2) is 0 Å². The molecule has 2 aliphatic rings. The zero-order chi connectivity index (χ0) is 8.72. The zero-order valence-corrected chi connectivity index (χ0v) is 7.99. The van der Waals surface area contributed by atoms with Crippen LogP contribution in [0.4, 0.5) is 0 Å². The molecule has 5 atom stereocenters. The quantitative estimate of drug-likeness (QED) is 0.597. The fourth-order valence-electron chi connectivity index (χ4n) is 2.82. The zero-order valence-electron chi connectivity index (χ0n) is 7.99. The van der Waals surface area contributed by atoms with E-state index >= 15 is 0 Å². The van der Waals surface area contributed by atoms with Crippen LogP contribution in [0.5, 0.6) is 0 Å². The fraction of sp³-hybridized carbons (Fsp3) is 1.00. The number of rotatable bonds is 0. The second kappa shape index (κ2) is 3.00. The van der Waals surface area contributed by atoms with E-state index in [0.717, 1.165) is 0 Å². The molecule has 2 heteroatoms. The highest BCUT2D eigenvalue weighted by Crippen LogP contribution is 2.40. The van der Waals surface area contributed by atoms with Gasteiger partial charge in [0.15, 0.2) is 0 Å². The van der Waals surface area contributed by atoms with Gasteiger partial charge in [-0.3, -0.25) is 0 Å². The van der Waals surface area contributed by atoms with Gasteiger partial charge in [-0.05, 0) is 32.1 Å². The fourth-order valence-corrected chi connectivity index (χ4v) is 2.82. The van der Waals surface area contributed by atoms with Gasteiger partial charge < -0.3 is 10.5 Å². The molecule has 0 amide bonds. The van der Waals surface area contributed by atoms with Crippen LogP contribution in [-0.4, -0.2) is 18.2 Å². The van der Waals surface area contributed by atoms with Gasteiger partial charge in [-0.2, -0.15) is 0 Å². The predicted octanol–water partition coefficient (Wildman–Crippen LogP) is 1.54. The molecule has 0 aromatic rings. The molecule has 1 saturated heterocycles. The second-order valence-electron chi connectivity index (χ2n) is 4.41. The minimum absolute atomic E-state index is 0.392. The highest BCUT2D eigenvalue weighted by Gasteiger charge is 2.44. The highest BCUT2D eigenvalue weighted by atomic mass is 16.5. The Morgan fingerprint density at radius 3 is 2.67 bits per heavy atom. The average Bonchev–Trinajstić information content (AvgIpc) is 2.29. The van der Waals surface area contributed by atoms with Gasteiger partial charge in [0.05, 0.1) is 12.2 Å². The Bertz CT molecular complexity index is 171. The van der Waals surface area contributed by atoms with Crippen molar-refractivity contribution in [2.75, 3.05) is 0 Å². The maximum atomic E-state index is 6.09. The first-order valence-electron chi connectivity index (χ1n) is 5.11. The van der Waals surface area contributed by atoms with Crippen LogP contribution in [0.25, 0.3) is 0 Å². The molecule has 0 aromatic carbocycles. The molecular formula is C10H19NO. The molecule has 0 bridgehead atoms. The Morgan fingerprint density at radius 1 is 1.25 bits per heavy atom. The van der Waals surface area contributed by atoms with Crippen molar-refractivity contribution in [3.05, 3.63) is 0 Å². The summed E-state index contributed by atoms with van der Waals surface area (Å²) >= 11 is 0. The van der Waals surface area contributed by atoms with Gasteiger partial charge in [0.1, 0.15) is 0 Å². The van der Waals surface area contributed by atoms with Gasteiger partial charge in [0, 0.05) is 12.0 Å². The van der Waals surface area contributed by atoms with E-state index in [9.17, 15) is 0 Å². The minimum atomic E-state index is 0.392. The van der Waals surface area contributed by atoms with E-state index in [4.69, 9.17) is 10.5 Å². The van der Waals surface area contributed by atoms with Crippen molar-refractivity contribution in [3.8, 4) is 0 Å². The lowest BCUT2D eigenvalue weighted by molar-refractivity contribution is 0.0216. The first kappa shape index (κ1) is 8.52. The minimum Gasteiger partial charge on any atom is -0.375 e. The molecule has 70 valence electrons. The summed E-state index contributed by atoms with van der Waals surface area (Å²) < 4.78 is 5.87. The molecule has 2 fully saturated rings. The van der Waals surface area contributed by atoms with Gasteiger partial charge in [-0.1, -0.05) is 6.92 Å². The van der Waals surface area contributed by atoms with Crippen molar-refractivity contribution >= 4 is 0 Å². The maximum Gasteiger partial charge on any atom is 0.0625 e. The number of hydrogen-bond donors (Lipinski definition) is 1. The Morgan fingerprint density at radius 2 is 2.00 bits per heavy atom. The third-order valence-corrected chi connectivity index (χ3v) is 3.69. The molecule has 0 aromatic heterocycles. The van der Waals surface area contributed by atoms with Crippen LogP contribution in [-0.2, 0) is 4.74 Å². The monoisotopic (exact) mass is 169 g/mol. The lowest BCUT2D eigenvalue weighted by Crippen LogP contribution is -2.41. The van der Waals surface area contributed by atoms with Crippen LogP contribution in [0.1, 0.15) is 33.1 Å².